The minimum absolute atomic E-state index is 0.211. The van der Waals surface area contributed by atoms with Gasteiger partial charge in [0.05, 0.1) is 11.4 Å². The molecule has 10 heteroatoms. The molecule has 0 spiro atoms. The number of nitrogens with zero attached hydrogens (tertiary/aromatic N) is 3. The summed E-state index contributed by atoms with van der Waals surface area (Å²) in [5.41, 5.74) is 0.387. The van der Waals surface area contributed by atoms with Crippen molar-refractivity contribution in [2.45, 2.75) is 31.2 Å². The van der Waals surface area contributed by atoms with Gasteiger partial charge >= 0.3 is 0 Å². The number of hydrogen-bond donors (Lipinski definition) is 2. The van der Waals surface area contributed by atoms with Crippen molar-refractivity contribution < 1.29 is 13.2 Å². The van der Waals surface area contributed by atoms with Crippen LogP contribution in [0.5, 0.6) is 0 Å². The first-order chi connectivity index (χ1) is 12.8. The van der Waals surface area contributed by atoms with Crippen LogP contribution in [0.4, 0.5) is 0 Å². The van der Waals surface area contributed by atoms with Gasteiger partial charge in [0.15, 0.2) is 10.6 Å². The average molecular weight is 410 g/mol. The summed E-state index contributed by atoms with van der Waals surface area (Å²) >= 11 is 5.03. The highest BCUT2D eigenvalue weighted by atomic mass is 32.2. The molecule has 0 radical (unpaired) electrons. The van der Waals surface area contributed by atoms with E-state index in [2.05, 4.69) is 22.4 Å². The van der Waals surface area contributed by atoms with Gasteiger partial charge in [-0.3, -0.25) is 9.89 Å². The predicted octanol–water partition coefficient (Wildman–Crippen LogP) is 1.83. The van der Waals surface area contributed by atoms with Crippen molar-refractivity contribution in [1.82, 2.24) is 24.4 Å². The van der Waals surface area contributed by atoms with Crippen molar-refractivity contribution in [3.63, 3.8) is 0 Å². The van der Waals surface area contributed by atoms with E-state index in [1.54, 1.807) is 11.6 Å². The molecule has 1 saturated heterocycles. The molecule has 2 heterocycles. The van der Waals surface area contributed by atoms with Crippen LogP contribution in [0.2, 0.25) is 0 Å². The third-order valence-electron chi connectivity index (χ3n) is 4.88. The van der Waals surface area contributed by atoms with Crippen molar-refractivity contribution in [1.29, 1.82) is 0 Å². The largest absolute Gasteiger partial charge is 0.345 e. The normalized spacial score (nSPS) is 16.4. The molecule has 27 heavy (non-hydrogen) atoms. The predicted molar refractivity (Wildman–Crippen MR) is 103 cm³/mol. The topological polar surface area (TPSA) is 100 Å². The molecule has 0 unspecified atom stereocenters. The molecule has 8 nitrogen and oxygen atoms in total. The Morgan fingerprint density at radius 3 is 2.48 bits per heavy atom. The number of hydrogen-bond acceptors (Lipinski definition) is 5. The summed E-state index contributed by atoms with van der Waals surface area (Å²) in [6, 6.07) is 6.02. The zero-order valence-corrected chi connectivity index (χ0v) is 16.9. The maximum Gasteiger partial charge on any atom is 0.251 e. The van der Waals surface area contributed by atoms with Crippen LogP contribution in [0.1, 0.15) is 35.9 Å². The van der Waals surface area contributed by atoms with E-state index in [1.165, 1.54) is 28.6 Å². The van der Waals surface area contributed by atoms with Crippen LogP contribution < -0.4 is 5.32 Å². The van der Waals surface area contributed by atoms with Gasteiger partial charge in [0, 0.05) is 25.7 Å². The SMILES string of the molecule is CC1CCN(S(=O)(=O)c2ccc(C(=O)NCc3n[nH]c(=S)n3C)cc2)CC1. The summed E-state index contributed by atoms with van der Waals surface area (Å²) in [6.07, 6.45) is 1.74. The molecule has 0 saturated carbocycles. The third kappa shape index (κ3) is 4.28. The van der Waals surface area contributed by atoms with Gasteiger partial charge in [0.1, 0.15) is 0 Å². The molecule has 0 atom stereocenters. The van der Waals surface area contributed by atoms with Gasteiger partial charge in [-0.1, -0.05) is 6.92 Å². The fraction of sp³-hybridized carbons (Fsp3) is 0.471. The molecule has 1 aromatic carbocycles. The summed E-state index contributed by atoms with van der Waals surface area (Å²) < 4.78 is 29.1. The molecule has 1 fully saturated rings. The molecule has 1 aliphatic rings. The fourth-order valence-electron chi connectivity index (χ4n) is 2.95. The van der Waals surface area contributed by atoms with E-state index in [4.69, 9.17) is 12.2 Å². The Labute approximate surface area is 163 Å². The minimum atomic E-state index is -3.51. The molecule has 0 aliphatic carbocycles. The maximum absolute atomic E-state index is 12.7. The van der Waals surface area contributed by atoms with E-state index in [1.807, 2.05) is 0 Å². The first kappa shape index (κ1) is 19.7. The Bertz CT molecular complexity index is 971. The zero-order chi connectivity index (χ0) is 19.6. The number of piperidine rings is 1. The summed E-state index contributed by atoms with van der Waals surface area (Å²) in [4.78, 5) is 12.5. The number of benzene rings is 1. The monoisotopic (exact) mass is 409 g/mol. The van der Waals surface area contributed by atoms with Crippen LogP contribution in [0.25, 0.3) is 0 Å². The van der Waals surface area contributed by atoms with E-state index >= 15 is 0 Å². The number of rotatable bonds is 5. The van der Waals surface area contributed by atoms with E-state index in [0.717, 1.165) is 12.8 Å². The van der Waals surface area contributed by atoms with Crippen molar-refractivity contribution >= 4 is 28.1 Å². The second-order valence-corrected chi connectivity index (χ2v) is 9.12. The van der Waals surface area contributed by atoms with Gasteiger partial charge in [-0.05, 0) is 55.2 Å². The van der Waals surface area contributed by atoms with Crippen molar-refractivity contribution in [3.05, 3.63) is 40.4 Å². The standard InChI is InChI=1S/C17H23N5O3S2/c1-12-7-9-22(10-8-12)27(24,25)14-5-3-13(4-6-14)16(23)18-11-15-19-20-17(26)21(15)2/h3-6,12H,7-11H2,1-2H3,(H,18,23)(H,20,26). The molecule has 146 valence electrons. The second-order valence-electron chi connectivity index (χ2n) is 6.80. The lowest BCUT2D eigenvalue weighted by Gasteiger charge is -2.29. The van der Waals surface area contributed by atoms with E-state index in [-0.39, 0.29) is 17.3 Å². The van der Waals surface area contributed by atoms with Crippen molar-refractivity contribution in [3.8, 4) is 0 Å². The van der Waals surface area contributed by atoms with Gasteiger partial charge in [0.25, 0.3) is 5.91 Å². The fourth-order valence-corrected chi connectivity index (χ4v) is 4.57. The number of aromatic amines is 1. The summed E-state index contributed by atoms with van der Waals surface area (Å²) in [5, 5.41) is 9.43. The second kappa shape index (κ2) is 7.91. The molecule has 0 bridgehead atoms. The van der Waals surface area contributed by atoms with Gasteiger partial charge in [0.2, 0.25) is 10.0 Å². The number of amides is 1. The third-order valence-corrected chi connectivity index (χ3v) is 7.15. The molecule has 1 amide bonds. The highest BCUT2D eigenvalue weighted by Crippen LogP contribution is 2.23. The Balaban J connectivity index is 1.66. The molecule has 1 aliphatic heterocycles. The molecule has 1 aromatic heterocycles. The van der Waals surface area contributed by atoms with Gasteiger partial charge in [-0.15, -0.1) is 0 Å². The summed E-state index contributed by atoms with van der Waals surface area (Å²) in [7, 11) is -1.76. The number of nitrogens with one attached hydrogen (secondary N) is 2. The number of carbonyl (C=O) groups excluding carboxylic acids is 1. The zero-order valence-electron chi connectivity index (χ0n) is 15.3. The van der Waals surface area contributed by atoms with E-state index in [0.29, 0.717) is 35.2 Å². The maximum atomic E-state index is 12.7. The number of aromatic nitrogens is 3. The van der Waals surface area contributed by atoms with Crippen LogP contribution >= 0.6 is 12.2 Å². The Hall–Kier alpha value is -2.04. The lowest BCUT2D eigenvalue weighted by molar-refractivity contribution is 0.0949. The first-order valence-corrected chi connectivity index (χ1v) is 10.6. The van der Waals surface area contributed by atoms with E-state index in [9.17, 15) is 13.2 Å². The molecular formula is C17H23N5O3S2. The first-order valence-electron chi connectivity index (χ1n) is 8.77. The van der Waals surface area contributed by atoms with Crippen LogP contribution in [0.3, 0.4) is 0 Å². The van der Waals surface area contributed by atoms with E-state index < -0.39 is 10.0 Å². The molecule has 2 N–H and O–H groups in total. The van der Waals surface area contributed by atoms with Gasteiger partial charge < -0.3 is 9.88 Å². The lowest BCUT2D eigenvalue weighted by atomic mass is 10.0. The number of H-pyrrole nitrogens is 1. The van der Waals surface area contributed by atoms with Crippen LogP contribution in [0.15, 0.2) is 29.2 Å². The van der Waals surface area contributed by atoms with Crippen molar-refractivity contribution in [2.75, 3.05) is 13.1 Å². The average Bonchev–Trinajstić information content (AvgIpc) is 2.98. The summed E-state index contributed by atoms with van der Waals surface area (Å²) in [6.45, 7) is 3.43. The molecule has 2 aromatic rings. The smallest absolute Gasteiger partial charge is 0.251 e. The number of carbonyl (C=O) groups is 1. The van der Waals surface area contributed by atoms with Crippen LogP contribution in [0, 0.1) is 10.7 Å². The minimum Gasteiger partial charge on any atom is -0.345 e. The Morgan fingerprint density at radius 2 is 1.93 bits per heavy atom. The Kier molecular flexibility index (Phi) is 5.78. The molecular weight excluding hydrogens is 386 g/mol. The summed E-state index contributed by atoms with van der Waals surface area (Å²) in [5.74, 6) is 0.849. The van der Waals surface area contributed by atoms with Crippen LogP contribution in [-0.4, -0.2) is 46.5 Å². The quantitative estimate of drug-likeness (QED) is 0.734. The Morgan fingerprint density at radius 1 is 1.30 bits per heavy atom. The highest BCUT2D eigenvalue weighted by molar-refractivity contribution is 7.89. The van der Waals surface area contributed by atoms with Crippen LogP contribution in [-0.2, 0) is 23.6 Å². The number of sulfonamides is 1. The highest BCUT2D eigenvalue weighted by Gasteiger charge is 2.28. The molecule has 3 rings (SSSR count). The van der Waals surface area contributed by atoms with Gasteiger partial charge in [-0.2, -0.15) is 9.40 Å². The van der Waals surface area contributed by atoms with Gasteiger partial charge in [-0.25, -0.2) is 8.42 Å². The lowest BCUT2D eigenvalue weighted by Crippen LogP contribution is -2.37. The van der Waals surface area contributed by atoms with Crippen molar-refractivity contribution in [2.24, 2.45) is 13.0 Å².